The van der Waals surface area contributed by atoms with Gasteiger partial charge >= 0.3 is 0 Å². The summed E-state index contributed by atoms with van der Waals surface area (Å²) in [6.45, 7) is 6.30. The summed E-state index contributed by atoms with van der Waals surface area (Å²) in [6, 6.07) is 0.368. The highest BCUT2D eigenvalue weighted by molar-refractivity contribution is 5.78. The van der Waals surface area contributed by atoms with Crippen LogP contribution in [0.4, 0.5) is 0 Å². The number of amides is 1. The Hall–Kier alpha value is -0.790. The minimum Gasteiger partial charge on any atom is -0.353 e. The van der Waals surface area contributed by atoms with Crippen LogP contribution < -0.4 is 5.32 Å². The van der Waals surface area contributed by atoms with E-state index >= 15 is 0 Å². The Kier molecular flexibility index (Phi) is 2.90. The summed E-state index contributed by atoms with van der Waals surface area (Å²) >= 11 is 0. The van der Waals surface area contributed by atoms with Crippen LogP contribution in [0.25, 0.3) is 0 Å². The van der Waals surface area contributed by atoms with E-state index < -0.39 is 0 Å². The average molecular weight is 167 g/mol. The van der Waals surface area contributed by atoms with Crippen LogP contribution in [0.15, 0.2) is 11.6 Å². The van der Waals surface area contributed by atoms with E-state index in [0.717, 1.165) is 6.42 Å². The molecule has 68 valence electrons. The molecule has 0 radical (unpaired) electrons. The van der Waals surface area contributed by atoms with Crippen molar-refractivity contribution < 1.29 is 4.79 Å². The highest BCUT2D eigenvalue weighted by Gasteiger charge is 2.27. The van der Waals surface area contributed by atoms with E-state index in [9.17, 15) is 4.79 Å². The molecule has 1 rings (SSSR count). The molecule has 1 N–H and O–H groups in total. The van der Waals surface area contributed by atoms with Gasteiger partial charge in [-0.1, -0.05) is 18.6 Å². The third-order valence-electron chi connectivity index (χ3n) is 2.32. The van der Waals surface area contributed by atoms with Crippen LogP contribution in [0.1, 0.15) is 33.6 Å². The van der Waals surface area contributed by atoms with Crippen molar-refractivity contribution in [3.8, 4) is 0 Å². The third kappa shape index (κ3) is 2.36. The van der Waals surface area contributed by atoms with Crippen LogP contribution in [0, 0.1) is 5.92 Å². The molecule has 0 aliphatic carbocycles. The fraction of sp³-hybridized carbons (Fsp3) is 0.700. The summed E-state index contributed by atoms with van der Waals surface area (Å²) in [5.74, 6) is 0.697. The monoisotopic (exact) mass is 167 g/mol. The molecule has 0 aromatic carbocycles. The van der Waals surface area contributed by atoms with E-state index in [1.54, 1.807) is 0 Å². The summed E-state index contributed by atoms with van der Waals surface area (Å²) in [5.41, 5.74) is 1.32. The molecule has 2 nitrogen and oxygen atoms in total. The Morgan fingerprint density at radius 1 is 1.67 bits per heavy atom. The van der Waals surface area contributed by atoms with E-state index in [-0.39, 0.29) is 5.91 Å². The Labute approximate surface area is 74.0 Å². The first-order chi connectivity index (χ1) is 5.59. The first-order valence-corrected chi connectivity index (χ1v) is 4.52. The van der Waals surface area contributed by atoms with E-state index in [4.69, 9.17) is 0 Å². The van der Waals surface area contributed by atoms with Gasteiger partial charge in [-0.15, -0.1) is 0 Å². The Balaban J connectivity index is 2.43. The zero-order valence-electron chi connectivity index (χ0n) is 8.05. The van der Waals surface area contributed by atoms with Crippen LogP contribution in [-0.4, -0.2) is 11.9 Å². The molecule has 0 aromatic rings. The number of nitrogens with one attached hydrogen (secondary N) is 1. The molecule has 0 bridgehead atoms. The molecule has 1 aliphatic heterocycles. The van der Waals surface area contributed by atoms with Gasteiger partial charge in [-0.2, -0.15) is 0 Å². The van der Waals surface area contributed by atoms with Crippen LogP contribution in [-0.2, 0) is 4.79 Å². The van der Waals surface area contributed by atoms with Gasteiger partial charge in [-0.25, -0.2) is 0 Å². The topological polar surface area (TPSA) is 29.1 Å². The van der Waals surface area contributed by atoms with Crippen molar-refractivity contribution in [3.63, 3.8) is 0 Å². The Morgan fingerprint density at radius 2 is 2.33 bits per heavy atom. The highest BCUT2D eigenvalue weighted by atomic mass is 16.1. The van der Waals surface area contributed by atoms with Gasteiger partial charge in [-0.05, 0) is 26.2 Å². The molecular weight excluding hydrogens is 150 g/mol. The van der Waals surface area contributed by atoms with Crippen molar-refractivity contribution in [1.82, 2.24) is 5.32 Å². The Morgan fingerprint density at radius 3 is 2.75 bits per heavy atom. The fourth-order valence-corrected chi connectivity index (χ4v) is 1.50. The van der Waals surface area contributed by atoms with Crippen LogP contribution in [0.5, 0.6) is 0 Å². The van der Waals surface area contributed by atoms with Gasteiger partial charge < -0.3 is 5.32 Å². The maximum atomic E-state index is 11.0. The molecule has 1 fully saturated rings. The van der Waals surface area contributed by atoms with E-state index in [0.29, 0.717) is 18.4 Å². The van der Waals surface area contributed by atoms with Gasteiger partial charge in [0.25, 0.3) is 0 Å². The number of carbonyl (C=O) groups is 1. The molecule has 1 heterocycles. The lowest BCUT2D eigenvalue weighted by atomic mass is 10.00. The number of carbonyl (C=O) groups excluding carboxylic acids is 1. The van der Waals surface area contributed by atoms with Crippen molar-refractivity contribution in [1.29, 1.82) is 0 Å². The second-order valence-electron chi connectivity index (χ2n) is 3.87. The summed E-state index contributed by atoms with van der Waals surface area (Å²) in [6.07, 6.45) is 3.86. The average Bonchev–Trinajstić information content (AvgIpc) is 2.26. The van der Waals surface area contributed by atoms with Gasteiger partial charge in [-0.3, -0.25) is 4.79 Å². The van der Waals surface area contributed by atoms with Crippen molar-refractivity contribution in [2.45, 2.75) is 39.7 Å². The summed E-state index contributed by atoms with van der Waals surface area (Å²) in [7, 11) is 0. The predicted octanol–water partition coefficient (Wildman–Crippen LogP) is 1.87. The van der Waals surface area contributed by atoms with E-state index in [1.807, 2.05) is 0 Å². The van der Waals surface area contributed by atoms with E-state index in [1.165, 1.54) is 5.57 Å². The highest BCUT2D eigenvalue weighted by Crippen LogP contribution is 2.18. The van der Waals surface area contributed by atoms with Crippen molar-refractivity contribution in [2.75, 3.05) is 0 Å². The molecule has 12 heavy (non-hydrogen) atoms. The minimum absolute atomic E-state index is 0.203. The smallest absolute Gasteiger partial charge is 0.220 e. The first kappa shape index (κ1) is 9.30. The molecule has 2 atom stereocenters. The number of rotatable bonds is 2. The molecule has 2 heteroatoms. The summed E-state index contributed by atoms with van der Waals surface area (Å²) < 4.78 is 0. The van der Waals surface area contributed by atoms with Crippen LogP contribution in [0.3, 0.4) is 0 Å². The lowest BCUT2D eigenvalue weighted by Crippen LogP contribution is -2.27. The second kappa shape index (κ2) is 3.74. The Bertz CT molecular complexity index is 204. The fourth-order valence-electron chi connectivity index (χ4n) is 1.50. The largest absolute Gasteiger partial charge is 0.353 e. The number of hydrogen-bond acceptors (Lipinski definition) is 1. The van der Waals surface area contributed by atoms with Crippen molar-refractivity contribution in [2.24, 2.45) is 5.92 Å². The molecule has 0 aromatic heterocycles. The molecule has 0 unspecified atom stereocenters. The molecule has 1 aliphatic rings. The standard InChI is InChI=1S/C10H17NO/c1-7(2)4-5-9-8(3)6-10(12)11-9/h4,8-9H,5-6H2,1-3H3,(H,11,12)/t8-,9+/m0/s1. The molecule has 0 spiro atoms. The minimum atomic E-state index is 0.203. The normalized spacial score (nSPS) is 28.4. The van der Waals surface area contributed by atoms with Gasteiger partial charge in [0.05, 0.1) is 0 Å². The van der Waals surface area contributed by atoms with Gasteiger partial charge in [0, 0.05) is 12.5 Å². The maximum Gasteiger partial charge on any atom is 0.220 e. The zero-order chi connectivity index (χ0) is 9.14. The molecule has 1 amide bonds. The second-order valence-corrected chi connectivity index (χ2v) is 3.87. The summed E-state index contributed by atoms with van der Waals surface area (Å²) in [4.78, 5) is 11.0. The summed E-state index contributed by atoms with van der Waals surface area (Å²) in [5, 5.41) is 2.98. The number of hydrogen-bond donors (Lipinski definition) is 1. The quantitative estimate of drug-likeness (QED) is 0.625. The lowest BCUT2D eigenvalue weighted by Gasteiger charge is -2.12. The number of allylic oxidation sites excluding steroid dienone is 1. The van der Waals surface area contributed by atoms with Gasteiger partial charge in [0.2, 0.25) is 5.91 Å². The molecular formula is C10H17NO. The third-order valence-corrected chi connectivity index (χ3v) is 2.32. The SMILES string of the molecule is CC(C)=CC[C@H]1NC(=O)C[C@@H]1C. The van der Waals surface area contributed by atoms with Gasteiger partial charge in [0.1, 0.15) is 0 Å². The lowest BCUT2D eigenvalue weighted by molar-refractivity contribution is -0.119. The zero-order valence-corrected chi connectivity index (χ0v) is 8.05. The van der Waals surface area contributed by atoms with Crippen molar-refractivity contribution >= 4 is 5.91 Å². The van der Waals surface area contributed by atoms with Gasteiger partial charge in [0.15, 0.2) is 0 Å². The molecule has 1 saturated heterocycles. The van der Waals surface area contributed by atoms with Crippen LogP contribution >= 0.6 is 0 Å². The maximum absolute atomic E-state index is 11.0. The predicted molar refractivity (Wildman–Crippen MR) is 49.8 cm³/mol. The first-order valence-electron chi connectivity index (χ1n) is 4.52. The van der Waals surface area contributed by atoms with Crippen molar-refractivity contribution in [3.05, 3.63) is 11.6 Å². The van der Waals surface area contributed by atoms with Crippen LogP contribution in [0.2, 0.25) is 0 Å². The van der Waals surface area contributed by atoms with E-state index in [2.05, 4.69) is 32.2 Å². The molecule has 0 saturated carbocycles.